The SMILES string of the molecule is CC1c2cc(c(O)cc2O)Cc2cc(c(O)cc2O)CCC(c2ccc(O)cc2O)c2cc1c(O)cc2O. The summed E-state index contributed by atoms with van der Waals surface area (Å²) < 4.78 is 0. The maximum Gasteiger partial charge on any atom is 0.123 e. The summed E-state index contributed by atoms with van der Waals surface area (Å²) >= 11 is 0. The summed E-state index contributed by atoms with van der Waals surface area (Å²) in [6.07, 6.45) is 0.687. The van der Waals surface area contributed by atoms with Gasteiger partial charge in [-0.15, -0.1) is 0 Å². The Kier molecular flexibility index (Phi) is 6.11. The number of hydrogen-bond acceptors (Lipinski definition) is 8. The van der Waals surface area contributed by atoms with Crippen LogP contribution in [0.1, 0.15) is 64.1 Å². The predicted molar refractivity (Wildman–Crippen MR) is 140 cm³/mol. The van der Waals surface area contributed by atoms with Crippen LogP contribution in [-0.4, -0.2) is 40.9 Å². The fraction of sp³-hybridized carbons (Fsp3) is 0.200. The molecule has 2 unspecified atom stereocenters. The standard InChI is InChI=1S/C30H28O8/c1-14-21-8-17(26(34)12-28(21)36)7-16-6-15(24(32)11-25(16)33)2-4-19(20-5-3-18(31)9-27(20)35)23-10-22(14)29(37)13-30(23)38/h3,5-6,8-14,19,31-38H,2,4,7H2,1H3. The highest BCUT2D eigenvalue weighted by molar-refractivity contribution is 5.58. The molecule has 8 nitrogen and oxygen atoms in total. The lowest BCUT2D eigenvalue weighted by Gasteiger charge is -2.24. The van der Waals surface area contributed by atoms with Gasteiger partial charge in [-0.3, -0.25) is 0 Å². The number of rotatable bonds is 1. The van der Waals surface area contributed by atoms with Crippen LogP contribution in [0, 0.1) is 0 Å². The Morgan fingerprint density at radius 1 is 0.500 bits per heavy atom. The van der Waals surface area contributed by atoms with E-state index in [1.165, 1.54) is 30.3 Å². The molecule has 1 aliphatic rings. The van der Waals surface area contributed by atoms with E-state index >= 15 is 0 Å². The number of hydrogen-bond donors (Lipinski definition) is 8. The lowest BCUT2D eigenvalue weighted by atomic mass is 9.81. The van der Waals surface area contributed by atoms with Crippen molar-refractivity contribution < 1.29 is 40.9 Å². The molecule has 8 heteroatoms. The molecule has 4 aromatic rings. The largest absolute Gasteiger partial charge is 0.508 e. The molecule has 0 fully saturated rings. The first kappa shape index (κ1) is 25.0. The van der Waals surface area contributed by atoms with Crippen molar-refractivity contribution in [2.45, 2.75) is 38.0 Å². The molecule has 1 aliphatic carbocycles. The Balaban J connectivity index is 1.79. The highest BCUT2D eigenvalue weighted by Crippen LogP contribution is 2.46. The van der Waals surface area contributed by atoms with Crippen LogP contribution in [0.15, 0.2) is 54.6 Å². The van der Waals surface area contributed by atoms with Gasteiger partial charge in [0.25, 0.3) is 0 Å². The van der Waals surface area contributed by atoms with Gasteiger partial charge in [-0.2, -0.15) is 0 Å². The average Bonchev–Trinajstić information content (AvgIpc) is 2.84. The zero-order valence-electron chi connectivity index (χ0n) is 20.5. The minimum absolute atomic E-state index is 0.111. The molecule has 0 heterocycles. The topological polar surface area (TPSA) is 162 Å². The zero-order chi connectivity index (χ0) is 27.3. The summed E-state index contributed by atoms with van der Waals surface area (Å²) in [7, 11) is 0. The van der Waals surface area contributed by atoms with E-state index in [4.69, 9.17) is 0 Å². The third-order valence-electron chi connectivity index (χ3n) is 7.46. The van der Waals surface area contributed by atoms with E-state index in [0.29, 0.717) is 45.4 Å². The molecule has 0 spiro atoms. The molecule has 0 radical (unpaired) electrons. The Morgan fingerprint density at radius 2 is 1.03 bits per heavy atom. The van der Waals surface area contributed by atoms with Gasteiger partial charge in [-0.05, 0) is 53.8 Å². The third-order valence-corrected chi connectivity index (χ3v) is 7.46. The number of aryl methyl sites for hydroxylation is 1. The predicted octanol–water partition coefficient (Wildman–Crippen LogP) is 5.15. The van der Waals surface area contributed by atoms with E-state index in [-0.39, 0.29) is 58.8 Å². The van der Waals surface area contributed by atoms with E-state index < -0.39 is 11.8 Å². The molecule has 0 amide bonds. The van der Waals surface area contributed by atoms with Gasteiger partial charge in [-0.1, -0.05) is 13.0 Å². The van der Waals surface area contributed by atoms with Gasteiger partial charge in [0, 0.05) is 64.8 Å². The van der Waals surface area contributed by atoms with Crippen LogP contribution in [0.3, 0.4) is 0 Å². The van der Waals surface area contributed by atoms with Gasteiger partial charge in [0.2, 0.25) is 0 Å². The van der Waals surface area contributed by atoms with Crippen LogP contribution in [-0.2, 0) is 12.8 Å². The number of phenolic OH excluding ortho intramolecular Hbond substituents is 8. The molecule has 8 N–H and O–H groups in total. The Labute approximate surface area is 218 Å². The Hall–Kier alpha value is -4.72. The van der Waals surface area contributed by atoms with E-state index in [9.17, 15) is 40.9 Å². The Morgan fingerprint density at radius 3 is 1.71 bits per heavy atom. The second-order valence-corrected chi connectivity index (χ2v) is 9.85. The van der Waals surface area contributed by atoms with Crippen LogP contribution >= 0.6 is 0 Å². The average molecular weight is 517 g/mol. The summed E-state index contributed by atoms with van der Waals surface area (Å²) in [5.41, 5.74) is 2.99. The summed E-state index contributed by atoms with van der Waals surface area (Å²) in [6.45, 7) is 1.76. The minimum Gasteiger partial charge on any atom is -0.508 e. The normalized spacial score (nSPS) is 17.1. The zero-order valence-corrected chi connectivity index (χ0v) is 20.5. The van der Waals surface area contributed by atoms with Crippen molar-refractivity contribution in [3.05, 3.63) is 93.5 Å². The molecule has 4 aromatic carbocycles. The highest BCUT2D eigenvalue weighted by Gasteiger charge is 2.27. The quantitative estimate of drug-likeness (QED) is 0.172. The van der Waals surface area contributed by atoms with Gasteiger partial charge in [0.15, 0.2) is 0 Å². The molecule has 2 atom stereocenters. The number of phenols is 8. The number of aromatic hydroxyl groups is 8. The molecule has 38 heavy (non-hydrogen) atoms. The van der Waals surface area contributed by atoms with Crippen molar-refractivity contribution >= 4 is 0 Å². The first-order chi connectivity index (χ1) is 18.0. The summed E-state index contributed by atoms with van der Waals surface area (Å²) in [5.74, 6) is -2.57. The molecule has 5 rings (SSSR count). The molecular formula is C30H28O8. The van der Waals surface area contributed by atoms with E-state index in [1.54, 1.807) is 31.2 Å². The van der Waals surface area contributed by atoms with Crippen molar-refractivity contribution in [1.82, 2.24) is 0 Å². The van der Waals surface area contributed by atoms with E-state index in [2.05, 4.69) is 0 Å². The lowest BCUT2D eigenvalue weighted by Crippen LogP contribution is -2.08. The van der Waals surface area contributed by atoms with Crippen LogP contribution in [0.2, 0.25) is 0 Å². The van der Waals surface area contributed by atoms with Gasteiger partial charge in [0.1, 0.15) is 46.0 Å². The fourth-order valence-electron chi connectivity index (χ4n) is 5.36. The second-order valence-electron chi connectivity index (χ2n) is 9.85. The number of fused-ring (bicyclic) bond motifs is 6. The first-order valence-corrected chi connectivity index (χ1v) is 12.2. The summed E-state index contributed by atoms with van der Waals surface area (Å²) in [5, 5.41) is 84.6. The molecule has 0 aromatic heterocycles. The van der Waals surface area contributed by atoms with Crippen LogP contribution in [0.4, 0.5) is 0 Å². The molecule has 0 aliphatic heterocycles. The van der Waals surface area contributed by atoms with Gasteiger partial charge in [0.05, 0.1) is 0 Å². The molecular weight excluding hydrogens is 488 g/mol. The maximum absolute atomic E-state index is 10.9. The minimum atomic E-state index is -0.620. The molecule has 0 saturated heterocycles. The van der Waals surface area contributed by atoms with Crippen LogP contribution < -0.4 is 0 Å². The van der Waals surface area contributed by atoms with Crippen molar-refractivity contribution in [2.75, 3.05) is 0 Å². The van der Waals surface area contributed by atoms with Gasteiger partial charge >= 0.3 is 0 Å². The second kappa shape index (κ2) is 9.30. The Bertz CT molecular complexity index is 1560. The first-order valence-electron chi connectivity index (χ1n) is 12.2. The van der Waals surface area contributed by atoms with E-state index in [0.717, 1.165) is 0 Å². The maximum atomic E-state index is 10.9. The molecule has 6 bridgehead atoms. The number of benzene rings is 4. The van der Waals surface area contributed by atoms with Crippen molar-refractivity contribution in [3.63, 3.8) is 0 Å². The monoisotopic (exact) mass is 516 g/mol. The van der Waals surface area contributed by atoms with Gasteiger partial charge < -0.3 is 40.9 Å². The molecule has 0 saturated carbocycles. The van der Waals surface area contributed by atoms with Crippen molar-refractivity contribution in [3.8, 4) is 46.0 Å². The van der Waals surface area contributed by atoms with E-state index in [1.807, 2.05) is 0 Å². The molecule has 196 valence electrons. The van der Waals surface area contributed by atoms with Crippen LogP contribution in [0.25, 0.3) is 0 Å². The third kappa shape index (κ3) is 4.34. The lowest BCUT2D eigenvalue weighted by molar-refractivity contribution is 0.428. The smallest absolute Gasteiger partial charge is 0.123 e. The van der Waals surface area contributed by atoms with Crippen molar-refractivity contribution in [2.24, 2.45) is 0 Å². The fourth-order valence-corrected chi connectivity index (χ4v) is 5.36. The summed E-state index contributed by atoms with van der Waals surface area (Å²) in [4.78, 5) is 0. The summed E-state index contributed by atoms with van der Waals surface area (Å²) in [6, 6.07) is 12.7. The van der Waals surface area contributed by atoms with Gasteiger partial charge in [-0.25, -0.2) is 0 Å². The van der Waals surface area contributed by atoms with Crippen molar-refractivity contribution in [1.29, 1.82) is 0 Å². The van der Waals surface area contributed by atoms with Crippen LogP contribution in [0.5, 0.6) is 46.0 Å². The highest BCUT2D eigenvalue weighted by atomic mass is 16.3.